The number of hydrogen-bond acceptors (Lipinski definition) is 0. The number of rotatable bonds is 3. The van der Waals surface area contributed by atoms with Crippen LogP contribution in [0.5, 0.6) is 0 Å². The minimum Gasteiger partial charge on any atom is -0.0616 e. The minimum absolute atomic E-state index is 0.689. The lowest BCUT2D eigenvalue weighted by molar-refractivity contribution is 0.323. The number of benzene rings is 2. The van der Waals surface area contributed by atoms with Crippen LogP contribution in [-0.2, 0) is 0 Å². The summed E-state index contributed by atoms with van der Waals surface area (Å²) in [4.78, 5) is 0. The molecule has 3 rings (SSSR count). The van der Waals surface area contributed by atoms with Crippen molar-refractivity contribution in [3.63, 3.8) is 0 Å². The largest absolute Gasteiger partial charge is 0.0616 e. The fourth-order valence-corrected chi connectivity index (χ4v) is 3.73. The summed E-state index contributed by atoms with van der Waals surface area (Å²) in [5.74, 6) is 1.65. The molecule has 1 atom stereocenters. The summed E-state index contributed by atoms with van der Waals surface area (Å²) in [6.07, 6.45) is 8.64. The average molecular weight is 252 g/mol. The molecule has 0 spiro atoms. The van der Waals surface area contributed by atoms with Crippen LogP contribution >= 0.6 is 0 Å². The minimum atomic E-state index is 0.689. The quantitative estimate of drug-likeness (QED) is 0.636. The molecule has 0 aromatic heterocycles. The Morgan fingerprint density at radius 3 is 2.53 bits per heavy atom. The molecular formula is C19H24. The normalized spacial score (nSPS) is 18.6. The van der Waals surface area contributed by atoms with Gasteiger partial charge in [0.2, 0.25) is 0 Å². The van der Waals surface area contributed by atoms with Crippen LogP contribution in [0.3, 0.4) is 0 Å². The predicted octanol–water partition coefficient (Wildman–Crippen LogP) is 5.91. The summed E-state index contributed by atoms with van der Waals surface area (Å²) in [5, 5.41) is 2.84. The summed E-state index contributed by atoms with van der Waals surface area (Å²) in [6, 6.07) is 15.6. The molecule has 0 amide bonds. The first-order chi connectivity index (χ1) is 9.34. The van der Waals surface area contributed by atoms with Crippen LogP contribution in [0.4, 0.5) is 0 Å². The zero-order valence-electron chi connectivity index (χ0n) is 11.9. The molecule has 0 saturated heterocycles. The number of fused-ring (bicyclic) bond motifs is 1. The van der Waals surface area contributed by atoms with E-state index in [0.717, 1.165) is 5.92 Å². The monoisotopic (exact) mass is 252 g/mol. The molecule has 0 aliphatic heterocycles. The van der Waals surface area contributed by atoms with Crippen molar-refractivity contribution in [1.82, 2.24) is 0 Å². The van der Waals surface area contributed by atoms with Crippen molar-refractivity contribution < 1.29 is 0 Å². The lowest BCUT2D eigenvalue weighted by Crippen LogP contribution is -2.10. The van der Waals surface area contributed by atoms with E-state index in [-0.39, 0.29) is 0 Å². The van der Waals surface area contributed by atoms with Gasteiger partial charge in [0.05, 0.1) is 0 Å². The molecule has 2 aromatic rings. The Kier molecular flexibility index (Phi) is 3.87. The highest BCUT2D eigenvalue weighted by Gasteiger charge is 2.18. The van der Waals surface area contributed by atoms with Gasteiger partial charge >= 0.3 is 0 Å². The van der Waals surface area contributed by atoms with E-state index in [9.17, 15) is 0 Å². The molecule has 100 valence electrons. The third-order valence-electron chi connectivity index (χ3n) is 4.77. The van der Waals surface area contributed by atoms with E-state index >= 15 is 0 Å². The Morgan fingerprint density at radius 2 is 1.68 bits per heavy atom. The Morgan fingerprint density at radius 1 is 0.947 bits per heavy atom. The molecule has 0 radical (unpaired) electrons. The number of hydrogen-bond donors (Lipinski definition) is 0. The van der Waals surface area contributed by atoms with Gasteiger partial charge in [0.15, 0.2) is 0 Å². The van der Waals surface area contributed by atoms with E-state index in [2.05, 4.69) is 49.4 Å². The van der Waals surface area contributed by atoms with Crippen molar-refractivity contribution in [2.45, 2.75) is 51.4 Å². The second-order valence-corrected chi connectivity index (χ2v) is 6.21. The van der Waals surface area contributed by atoms with Crippen LogP contribution in [-0.4, -0.2) is 0 Å². The molecule has 1 unspecified atom stereocenters. The van der Waals surface area contributed by atoms with E-state index in [1.807, 2.05) is 0 Å². The lowest BCUT2D eigenvalue weighted by atomic mass is 9.80. The van der Waals surface area contributed by atoms with Crippen molar-refractivity contribution >= 4 is 10.8 Å². The van der Waals surface area contributed by atoms with Gasteiger partial charge in [-0.1, -0.05) is 81.5 Å². The van der Waals surface area contributed by atoms with Gasteiger partial charge < -0.3 is 0 Å². The van der Waals surface area contributed by atoms with Gasteiger partial charge in [-0.05, 0) is 34.6 Å². The van der Waals surface area contributed by atoms with Gasteiger partial charge in [-0.25, -0.2) is 0 Å². The Hall–Kier alpha value is -1.30. The third-order valence-corrected chi connectivity index (χ3v) is 4.77. The highest BCUT2D eigenvalue weighted by atomic mass is 14.2. The molecule has 1 fully saturated rings. The maximum absolute atomic E-state index is 2.41. The van der Waals surface area contributed by atoms with E-state index in [1.54, 1.807) is 5.56 Å². The van der Waals surface area contributed by atoms with Crippen LogP contribution in [0.25, 0.3) is 10.8 Å². The molecule has 1 aliphatic rings. The molecule has 1 aliphatic carbocycles. The van der Waals surface area contributed by atoms with E-state index in [4.69, 9.17) is 0 Å². The summed E-state index contributed by atoms with van der Waals surface area (Å²) in [5.41, 5.74) is 1.55. The second-order valence-electron chi connectivity index (χ2n) is 6.21. The first kappa shape index (κ1) is 12.7. The molecule has 0 heteroatoms. The van der Waals surface area contributed by atoms with Crippen molar-refractivity contribution in [1.29, 1.82) is 0 Å². The van der Waals surface area contributed by atoms with Crippen LogP contribution in [0, 0.1) is 5.92 Å². The summed E-state index contributed by atoms with van der Waals surface area (Å²) in [6.45, 7) is 2.41. The van der Waals surface area contributed by atoms with Crippen molar-refractivity contribution in [3.05, 3.63) is 48.0 Å². The summed E-state index contributed by atoms with van der Waals surface area (Å²) >= 11 is 0. The highest BCUT2D eigenvalue weighted by molar-refractivity contribution is 5.86. The van der Waals surface area contributed by atoms with Crippen molar-refractivity contribution in [2.75, 3.05) is 0 Å². The molecule has 0 N–H and O–H groups in total. The second kappa shape index (κ2) is 5.77. The molecule has 1 saturated carbocycles. The average Bonchev–Trinajstić information content (AvgIpc) is 2.47. The highest BCUT2D eigenvalue weighted by Crippen LogP contribution is 2.35. The third kappa shape index (κ3) is 2.83. The standard InChI is InChI=1S/C19H24/c1-15(14-16-8-3-2-4-9-16)18-13-7-11-17-10-5-6-12-19(17)18/h5-7,10-13,15-16H,2-4,8-9,14H2,1H3. The van der Waals surface area contributed by atoms with Gasteiger partial charge in [0.1, 0.15) is 0 Å². The van der Waals surface area contributed by atoms with Crippen molar-refractivity contribution in [3.8, 4) is 0 Å². The summed E-state index contributed by atoms with van der Waals surface area (Å²) in [7, 11) is 0. The van der Waals surface area contributed by atoms with Gasteiger partial charge in [0.25, 0.3) is 0 Å². The van der Waals surface area contributed by atoms with E-state index in [1.165, 1.54) is 49.3 Å². The lowest BCUT2D eigenvalue weighted by Gasteiger charge is -2.25. The molecule has 19 heavy (non-hydrogen) atoms. The molecular weight excluding hydrogens is 228 g/mol. The Bertz CT molecular complexity index is 529. The van der Waals surface area contributed by atoms with E-state index in [0.29, 0.717) is 5.92 Å². The van der Waals surface area contributed by atoms with Crippen molar-refractivity contribution in [2.24, 2.45) is 5.92 Å². The zero-order chi connectivity index (χ0) is 13.1. The van der Waals surface area contributed by atoms with Crippen LogP contribution in [0.15, 0.2) is 42.5 Å². The maximum Gasteiger partial charge on any atom is -0.0149 e. The SMILES string of the molecule is CC(CC1CCCCC1)c1cccc2ccccc12. The molecule has 0 nitrogen and oxygen atoms in total. The van der Waals surface area contributed by atoms with Crippen LogP contribution in [0.1, 0.15) is 56.9 Å². The first-order valence-electron chi connectivity index (χ1n) is 7.82. The van der Waals surface area contributed by atoms with Gasteiger partial charge in [-0.3, -0.25) is 0 Å². The predicted molar refractivity (Wildman–Crippen MR) is 83.6 cm³/mol. The molecule has 0 bridgehead atoms. The molecule has 2 aromatic carbocycles. The topological polar surface area (TPSA) is 0 Å². The van der Waals surface area contributed by atoms with Crippen LogP contribution in [0.2, 0.25) is 0 Å². The Balaban J connectivity index is 1.82. The maximum atomic E-state index is 2.41. The molecule has 0 heterocycles. The zero-order valence-corrected chi connectivity index (χ0v) is 11.9. The fourth-order valence-electron chi connectivity index (χ4n) is 3.73. The smallest absolute Gasteiger partial charge is 0.0149 e. The van der Waals surface area contributed by atoms with Gasteiger partial charge in [-0.2, -0.15) is 0 Å². The Labute approximate surface area is 116 Å². The summed E-state index contributed by atoms with van der Waals surface area (Å²) < 4.78 is 0. The first-order valence-corrected chi connectivity index (χ1v) is 7.82. The van der Waals surface area contributed by atoms with Gasteiger partial charge in [0, 0.05) is 0 Å². The van der Waals surface area contributed by atoms with Gasteiger partial charge in [-0.15, -0.1) is 0 Å². The van der Waals surface area contributed by atoms with E-state index < -0.39 is 0 Å². The van der Waals surface area contributed by atoms with Crippen LogP contribution < -0.4 is 0 Å². The fraction of sp³-hybridized carbons (Fsp3) is 0.474.